The third kappa shape index (κ3) is 4.48. The molecule has 0 bridgehead atoms. The number of anilines is 1. The van der Waals surface area contributed by atoms with Gasteiger partial charge in [0.2, 0.25) is 5.91 Å². The molecule has 0 spiro atoms. The van der Waals surface area contributed by atoms with Crippen molar-refractivity contribution in [2.45, 2.75) is 20.3 Å². The van der Waals surface area contributed by atoms with Crippen molar-refractivity contribution in [1.82, 2.24) is 9.88 Å². The van der Waals surface area contributed by atoms with Gasteiger partial charge < -0.3 is 4.90 Å². The molecule has 3 rings (SSSR count). The number of para-hydroxylation sites is 1. The van der Waals surface area contributed by atoms with E-state index in [2.05, 4.69) is 24.8 Å². The molecule has 5 heteroatoms. The number of hydrogen-bond donors (Lipinski definition) is 0. The maximum atomic E-state index is 13.1. The van der Waals surface area contributed by atoms with Crippen molar-refractivity contribution in [2.75, 3.05) is 31.1 Å². The van der Waals surface area contributed by atoms with Crippen molar-refractivity contribution in [1.29, 1.82) is 0 Å². The van der Waals surface area contributed by atoms with Gasteiger partial charge in [0.1, 0.15) is 0 Å². The fourth-order valence-electron chi connectivity index (χ4n) is 2.95. The largest absolute Gasteiger partial charge is 0.302 e. The lowest BCUT2D eigenvalue weighted by Gasteiger charge is -2.24. The van der Waals surface area contributed by atoms with E-state index in [1.807, 2.05) is 53.4 Å². The molecule has 3 aromatic rings. The van der Waals surface area contributed by atoms with Crippen LogP contribution in [0.15, 0.2) is 54.6 Å². The minimum atomic E-state index is 0.0995. The second kappa shape index (κ2) is 8.92. The van der Waals surface area contributed by atoms with E-state index in [0.29, 0.717) is 13.0 Å². The van der Waals surface area contributed by atoms with Crippen molar-refractivity contribution in [3.63, 3.8) is 0 Å². The molecule has 0 unspecified atom stereocenters. The van der Waals surface area contributed by atoms with Crippen LogP contribution < -0.4 is 4.90 Å². The van der Waals surface area contributed by atoms with Crippen LogP contribution in [0.4, 0.5) is 5.13 Å². The molecule has 0 aliphatic heterocycles. The molecule has 0 fully saturated rings. The molecule has 26 heavy (non-hydrogen) atoms. The first-order valence-electron chi connectivity index (χ1n) is 9.13. The highest BCUT2D eigenvalue weighted by Crippen LogP contribution is 2.29. The summed E-state index contributed by atoms with van der Waals surface area (Å²) in [6.07, 6.45) is 0.398. The quantitative estimate of drug-likeness (QED) is 0.598. The normalized spacial score (nSPS) is 11.2. The van der Waals surface area contributed by atoms with E-state index in [9.17, 15) is 4.79 Å². The van der Waals surface area contributed by atoms with Gasteiger partial charge in [0.05, 0.1) is 16.6 Å². The lowest BCUT2D eigenvalue weighted by atomic mass is 10.1. The standard InChI is InChI=1S/C21H25N3OS/c1-3-23(4-2)14-15-24(20(25)16-17-10-6-5-7-11-17)21-22-18-12-8-9-13-19(18)26-21/h5-13H,3-4,14-16H2,1-2H3. The number of carbonyl (C=O) groups is 1. The van der Waals surface area contributed by atoms with Gasteiger partial charge in [0.15, 0.2) is 5.13 Å². The van der Waals surface area contributed by atoms with E-state index in [-0.39, 0.29) is 5.91 Å². The third-order valence-electron chi connectivity index (χ3n) is 4.55. The molecule has 0 aliphatic carbocycles. The van der Waals surface area contributed by atoms with Gasteiger partial charge in [0.25, 0.3) is 0 Å². The minimum absolute atomic E-state index is 0.0995. The predicted molar refractivity (Wildman–Crippen MR) is 110 cm³/mol. The molecule has 0 radical (unpaired) electrons. The van der Waals surface area contributed by atoms with E-state index in [0.717, 1.165) is 40.5 Å². The summed E-state index contributed by atoms with van der Waals surface area (Å²) in [7, 11) is 0. The zero-order valence-corrected chi connectivity index (χ0v) is 16.2. The molecular weight excluding hydrogens is 342 g/mol. The lowest BCUT2D eigenvalue weighted by molar-refractivity contribution is -0.118. The van der Waals surface area contributed by atoms with Crippen molar-refractivity contribution >= 4 is 32.6 Å². The number of amides is 1. The smallest absolute Gasteiger partial charge is 0.233 e. The number of hydrogen-bond acceptors (Lipinski definition) is 4. The van der Waals surface area contributed by atoms with Crippen molar-refractivity contribution in [3.8, 4) is 0 Å². The Morgan fingerprint density at radius 1 is 0.962 bits per heavy atom. The Labute approximate surface area is 159 Å². The lowest BCUT2D eigenvalue weighted by Crippen LogP contribution is -2.39. The molecule has 0 aliphatic rings. The Morgan fingerprint density at radius 3 is 2.35 bits per heavy atom. The number of aromatic nitrogens is 1. The van der Waals surface area contributed by atoms with Crippen molar-refractivity contribution in [3.05, 3.63) is 60.2 Å². The molecule has 136 valence electrons. The van der Waals surface area contributed by atoms with Crippen molar-refractivity contribution < 1.29 is 4.79 Å². The first-order chi connectivity index (χ1) is 12.7. The van der Waals surface area contributed by atoms with Crippen LogP contribution in [-0.2, 0) is 11.2 Å². The number of carbonyl (C=O) groups excluding carboxylic acids is 1. The molecule has 1 aromatic heterocycles. The summed E-state index contributed by atoms with van der Waals surface area (Å²) < 4.78 is 1.11. The maximum absolute atomic E-state index is 13.1. The number of thiazole rings is 1. The molecule has 4 nitrogen and oxygen atoms in total. The molecule has 2 aromatic carbocycles. The van der Waals surface area contributed by atoms with Gasteiger partial charge in [-0.1, -0.05) is 67.6 Å². The Kier molecular flexibility index (Phi) is 6.36. The number of nitrogens with zero attached hydrogens (tertiary/aromatic N) is 3. The van der Waals surface area contributed by atoms with Crippen LogP contribution in [0.25, 0.3) is 10.2 Å². The first-order valence-corrected chi connectivity index (χ1v) is 9.95. The van der Waals surface area contributed by atoms with E-state index in [4.69, 9.17) is 4.98 Å². The highest BCUT2D eigenvalue weighted by Gasteiger charge is 2.20. The molecule has 0 atom stereocenters. The van der Waals surface area contributed by atoms with Crippen LogP contribution in [0, 0.1) is 0 Å². The number of benzene rings is 2. The molecule has 0 saturated heterocycles. The second-order valence-electron chi connectivity index (χ2n) is 6.20. The van der Waals surface area contributed by atoms with E-state index < -0.39 is 0 Å². The highest BCUT2D eigenvalue weighted by molar-refractivity contribution is 7.22. The topological polar surface area (TPSA) is 36.4 Å². The fourth-order valence-corrected chi connectivity index (χ4v) is 3.96. The van der Waals surface area contributed by atoms with Crippen LogP contribution in [0.5, 0.6) is 0 Å². The van der Waals surface area contributed by atoms with Gasteiger partial charge in [-0.3, -0.25) is 9.69 Å². The van der Waals surface area contributed by atoms with Crippen LogP contribution in [0.1, 0.15) is 19.4 Å². The Balaban J connectivity index is 1.84. The van der Waals surface area contributed by atoms with Gasteiger partial charge in [-0.25, -0.2) is 4.98 Å². The Hall–Kier alpha value is -2.24. The van der Waals surface area contributed by atoms with Gasteiger partial charge in [0, 0.05) is 13.1 Å². The van der Waals surface area contributed by atoms with Crippen LogP contribution in [0.3, 0.4) is 0 Å². The zero-order valence-electron chi connectivity index (χ0n) is 15.4. The summed E-state index contributed by atoms with van der Waals surface area (Å²) in [6, 6.07) is 18.0. The van der Waals surface area contributed by atoms with Crippen LogP contribution in [0.2, 0.25) is 0 Å². The zero-order chi connectivity index (χ0) is 18.4. The number of likely N-dealkylation sites (N-methyl/N-ethyl adjacent to an activating group) is 1. The monoisotopic (exact) mass is 367 g/mol. The van der Waals surface area contributed by atoms with Gasteiger partial charge >= 0.3 is 0 Å². The molecular formula is C21H25N3OS. The first kappa shape index (κ1) is 18.5. The summed E-state index contributed by atoms with van der Waals surface area (Å²) in [4.78, 5) is 22.0. The van der Waals surface area contributed by atoms with E-state index >= 15 is 0 Å². The number of fused-ring (bicyclic) bond motifs is 1. The average molecular weight is 368 g/mol. The van der Waals surface area contributed by atoms with Gasteiger partial charge in [-0.2, -0.15) is 0 Å². The fraction of sp³-hybridized carbons (Fsp3) is 0.333. The summed E-state index contributed by atoms with van der Waals surface area (Å²) in [5.41, 5.74) is 1.99. The maximum Gasteiger partial charge on any atom is 0.233 e. The summed E-state index contributed by atoms with van der Waals surface area (Å²) >= 11 is 1.59. The van der Waals surface area contributed by atoms with Crippen molar-refractivity contribution in [2.24, 2.45) is 0 Å². The highest BCUT2D eigenvalue weighted by atomic mass is 32.1. The second-order valence-corrected chi connectivity index (χ2v) is 7.21. The molecule has 0 N–H and O–H groups in total. The number of rotatable bonds is 8. The summed E-state index contributed by atoms with van der Waals surface area (Å²) in [6.45, 7) is 7.78. The van der Waals surface area contributed by atoms with Gasteiger partial charge in [-0.05, 0) is 30.8 Å². The van der Waals surface area contributed by atoms with Crippen LogP contribution in [-0.4, -0.2) is 42.0 Å². The Bertz CT molecular complexity index is 810. The Morgan fingerprint density at radius 2 is 1.65 bits per heavy atom. The van der Waals surface area contributed by atoms with E-state index in [1.54, 1.807) is 11.3 Å². The molecule has 1 heterocycles. The average Bonchev–Trinajstić information content (AvgIpc) is 3.09. The SMILES string of the molecule is CCN(CC)CCN(C(=O)Cc1ccccc1)c1nc2ccccc2s1. The van der Waals surface area contributed by atoms with Crippen LogP contribution >= 0.6 is 11.3 Å². The summed E-state index contributed by atoms with van der Waals surface area (Å²) in [5, 5.41) is 0.791. The molecule has 1 amide bonds. The van der Waals surface area contributed by atoms with E-state index in [1.165, 1.54) is 0 Å². The van der Waals surface area contributed by atoms with Gasteiger partial charge in [-0.15, -0.1) is 0 Å². The minimum Gasteiger partial charge on any atom is -0.302 e. The summed E-state index contributed by atoms with van der Waals surface area (Å²) in [5.74, 6) is 0.0995. The predicted octanol–water partition coefficient (Wildman–Crippen LogP) is 4.21. The molecule has 0 saturated carbocycles. The third-order valence-corrected chi connectivity index (χ3v) is 5.61.